The predicted octanol–water partition coefficient (Wildman–Crippen LogP) is 2.21. The Kier molecular flexibility index (Phi) is 4.42. The number of carboxylic acids is 1. The lowest BCUT2D eigenvalue weighted by Crippen LogP contribution is -2.09. The molecule has 0 saturated carbocycles. The van der Waals surface area contributed by atoms with E-state index >= 15 is 0 Å². The van der Waals surface area contributed by atoms with E-state index in [0.29, 0.717) is 11.1 Å². The standard InChI is InChI=1S/C16H14O5S/c1-22(20,21)15-5-3-2-4-13(15)10-14(17)11-6-8-12(9-7-11)16(18)19/h2-9H,10H2,1H3,(H,18,19). The van der Waals surface area contributed by atoms with E-state index < -0.39 is 15.8 Å². The Morgan fingerprint density at radius 3 is 2.05 bits per heavy atom. The number of benzene rings is 2. The summed E-state index contributed by atoms with van der Waals surface area (Å²) in [5, 5.41) is 8.82. The van der Waals surface area contributed by atoms with E-state index in [1.807, 2.05) is 0 Å². The molecule has 0 aliphatic carbocycles. The van der Waals surface area contributed by atoms with E-state index in [1.54, 1.807) is 18.2 Å². The third kappa shape index (κ3) is 3.59. The number of Topliss-reactive ketones (excluding diaryl/α,β-unsaturated/α-hetero) is 1. The maximum atomic E-state index is 12.2. The second-order valence-electron chi connectivity index (χ2n) is 4.86. The van der Waals surface area contributed by atoms with Gasteiger partial charge in [0.1, 0.15) is 0 Å². The fourth-order valence-corrected chi connectivity index (χ4v) is 3.03. The third-order valence-corrected chi connectivity index (χ3v) is 4.37. The molecule has 0 bridgehead atoms. The van der Waals surface area contributed by atoms with Crippen molar-refractivity contribution in [2.24, 2.45) is 0 Å². The number of hydrogen-bond acceptors (Lipinski definition) is 4. The van der Waals surface area contributed by atoms with Gasteiger partial charge in [-0.1, -0.05) is 30.3 Å². The number of carboxylic acid groups (broad SMARTS) is 1. The maximum Gasteiger partial charge on any atom is 0.335 e. The lowest BCUT2D eigenvalue weighted by molar-refractivity contribution is 0.0696. The smallest absolute Gasteiger partial charge is 0.335 e. The van der Waals surface area contributed by atoms with Crippen LogP contribution in [0.2, 0.25) is 0 Å². The van der Waals surface area contributed by atoms with Crippen LogP contribution < -0.4 is 0 Å². The first-order chi connectivity index (χ1) is 10.3. The Morgan fingerprint density at radius 1 is 0.955 bits per heavy atom. The average molecular weight is 318 g/mol. The number of ketones is 1. The molecular formula is C16H14O5S. The number of carbonyl (C=O) groups excluding carboxylic acids is 1. The summed E-state index contributed by atoms with van der Waals surface area (Å²) in [5.41, 5.74) is 0.860. The van der Waals surface area contributed by atoms with Crippen LogP contribution >= 0.6 is 0 Å². The highest BCUT2D eigenvalue weighted by atomic mass is 32.2. The number of hydrogen-bond donors (Lipinski definition) is 1. The molecule has 114 valence electrons. The normalized spacial score (nSPS) is 11.1. The molecular weight excluding hydrogens is 304 g/mol. The van der Waals surface area contributed by atoms with Crippen LogP contribution in [0.1, 0.15) is 26.3 Å². The van der Waals surface area contributed by atoms with Crippen molar-refractivity contribution in [3.05, 3.63) is 65.2 Å². The molecule has 0 radical (unpaired) electrons. The van der Waals surface area contributed by atoms with Gasteiger partial charge in [-0.15, -0.1) is 0 Å². The average Bonchev–Trinajstić information content (AvgIpc) is 2.46. The van der Waals surface area contributed by atoms with Crippen LogP contribution in [0, 0.1) is 0 Å². The van der Waals surface area contributed by atoms with Crippen molar-refractivity contribution in [1.82, 2.24) is 0 Å². The summed E-state index contributed by atoms with van der Waals surface area (Å²) in [6, 6.07) is 11.9. The predicted molar refractivity (Wildman–Crippen MR) is 81.0 cm³/mol. The van der Waals surface area contributed by atoms with Crippen LogP contribution in [0.4, 0.5) is 0 Å². The van der Waals surface area contributed by atoms with Crippen molar-refractivity contribution in [2.75, 3.05) is 6.26 Å². The SMILES string of the molecule is CS(=O)(=O)c1ccccc1CC(=O)c1ccc(C(=O)O)cc1. The Bertz CT molecular complexity index is 820. The number of carbonyl (C=O) groups is 2. The molecule has 0 unspecified atom stereocenters. The fraction of sp³-hybridized carbons (Fsp3) is 0.125. The van der Waals surface area contributed by atoms with E-state index in [-0.39, 0.29) is 22.7 Å². The van der Waals surface area contributed by atoms with E-state index in [0.717, 1.165) is 6.26 Å². The van der Waals surface area contributed by atoms with Crippen LogP contribution in [0.25, 0.3) is 0 Å². The summed E-state index contributed by atoms with van der Waals surface area (Å²) in [5.74, 6) is -1.34. The summed E-state index contributed by atoms with van der Waals surface area (Å²) >= 11 is 0. The Hall–Kier alpha value is -2.47. The summed E-state index contributed by atoms with van der Waals surface area (Å²) in [6.07, 6.45) is 1.04. The van der Waals surface area contributed by atoms with Gasteiger partial charge in [0.25, 0.3) is 0 Å². The Labute approximate surface area is 128 Å². The molecule has 0 aromatic heterocycles. The van der Waals surface area contributed by atoms with Crippen molar-refractivity contribution in [3.63, 3.8) is 0 Å². The third-order valence-electron chi connectivity index (χ3n) is 3.18. The molecule has 2 rings (SSSR count). The van der Waals surface area contributed by atoms with Gasteiger partial charge in [-0.3, -0.25) is 4.79 Å². The molecule has 0 aliphatic rings. The molecule has 0 aliphatic heterocycles. The van der Waals surface area contributed by atoms with Crippen LogP contribution in [0.5, 0.6) is 0 Å². The lowest BCUT2D eigenvalue weighted by atomic mass is 10.0. The van der Waals surface area contributed by atoms with Crippen molar-refractivity contribution in [1.29, 1.82) is 0 Å². The number of aromatic carboxylic acids is 1. The van der Waals surface area contributed by atoms with Crippen LogP contribution in [0.3, 0.4) is 0 Å². The molecule has 1 N–H and O–H groups in total. The van der Waals surface area contributed by atoms with Crippen molar-refractivity contribution in [2.45, 2.75) is 11.3 Å². The highest BCUT2D eigenvalue weighted by Gasteiger charge is 2.16. The summed E-state index contributed by atoms with van der Waals surface area (Å²) in [4.78, 5) is 23.1. The first kappa shape index (κ1) is 15.9. The largest absolute Gasteiger partial charge is 0.478 e. The van der Waals surface area contributed by atoms with E-state index in [9.17, 15) is 18.0 Å². The van der Waals surface area contributed by atoms with Gasteiger partial charge < -0.3 is 5.11 Å². The van der Waals surface area contributed by atoms with Crippen LogP contribution in [0.15, 0.2) is 53.4 Å². The molecule has 5 nitrogen and oxygen atoms in total. The van der Waals surface area contributed by atoms with Gasteiger partial charge in [0, 0.05) is 18.2 Å². The molecule has 0 heterocycles. The first-order valence-electron chi connectivity index (χ1n) is 6.43. The van der Waals surface area contributed by atoms with Gasteiger partial charge >= 0.3 is 5.97 Å². The molecule has 6 heteroatoms. The number of sulfone groups is 1. The molecule has 22 heavy (non-hydrogen) atoms. The molecule has 0 saturated heterocycles. The Balaban J connectivity index is 2.28. The zero-order chi connectivity index (χ0) is 16.3. The van der Waals surface area contributed by atoms with E-state index in [4.69, 9.17) is 5.11 Å². The lowest BCUT2D eigenvalue weighted by Gasteiger charge is -2.07. The van der Waals surface area contributed by atoms with Crippen molar-refractivity contribution in [3.8, 4) is 0 Å². The van der Waals surface area contributed by atoms with Gasteiger partial charge in [0.05, 0.1) is 10.5 Å². The summed E-state index contributed by atoms with van der Waals surface area (Å²) in [7, 11) is -3.41. The quantitative estimate of drug-likeness (QED) is 0.854. The first-order valence-corrected chi connectivity index (χ1v) is 8.32. The minimum atomic E-state index is -3.41. The highest BCUT2D eigenvalue weighted by molar-refractivity contribution is 7.90. The number of rotatable bonds is 5. The van der Waals surface area contributed by atoms with Crippen LogP contribution in [-0.2, 0) is 16.3 Å². The van der Waals surface area contributed by atoms with Crippen molar-refractivity contribution < 1.29 is 23.1 Å². The second-order valence-corrected chi connectivity index (χ2v) is 6.85. The Morgan fingerprint density at radius 2 is 1.50 bits per heavy atom. The molecule has 0 amide bonds. The van der Waals surface area contributed by atoms with E-state index in [2.05, 4.69) is 0 Å². The van der Waals surface area contributed by atoms with Gasteiger partial charge in [-0.2, -0.15) is 0 Å². The minimum Gasteiger partial charge on any atom is -0.478 e. The monoisotopic (exact) mass is 318 g/mol. The van der Waals surface area contributed by atoms with E-state index in [1.165, 1.54) is 30.3 Å². The summed E-state index contributed by atoms with van der Waals surface area (Å²) < 4.78 is 23.4. The van der Waals surface area contributed by atoms with Gasteiger partial charge in [-0.05, 0) is 23.8 Å². The minimum absolute atomic E-state index is 0.0599. The molecule has 0 spiro atoms. The fourth-order valence-electron chi connectivity index (χ4n) is 2.09. The van der Waals surface area contributed by atoms with Gasteiger partial charge in [-0.25, -0.2) is 13.2 Å². The zero-order valence-electron chi connectivity index (χ0n) is 11.8. The molecule has 0 fully saturated rings. The topological polar surface area (TPSA) is 88.5 Å². The second kappa shape index (κ2) is 6.11. The van der Waals surface area contributed by atoms with Crippen LogP contribution in [-0.4, -0.2) is 31.5 Å². The highest BCUT2D eigenvalue weighted by Crippen LogP contribution is 2.18. The van der Waals surface area contributed by atoms with Crippen molar-refractivity contribution >= 4 is 21.6 Å². The van der Waals surface area contributed by atoms with Gasteiger partial charge in [0.15, 0.2) is 15.6 Å². The summed E-state index contributed by atoms with van der Waals surface area (Å²) in [6.45, 7) is 0. The molecule has 2 aromatic carbocycles. The zero-order valence-corrected chi connectivity index (χ0v) is 12.6. The van der Waals surface area contributed by atoms with Gasteiger partial charge in [0.2, 0.25) is 0 Å². The molecule has 0 atom stereocenters. The molecule has 2 aromatic rings. The maximum absolute atomic E-state index is 12.2.